The molecule has 1 fully saturated rings. The summed E-state index contributed by atoms with van der Waals surface area (Å²) in [7, 11) is 0. The summed E-state index contributed by atoms with van der Waals surface area (Å²) in [4.78, 5) is 49.8. The molecule has 28 heavy (non-hydrogen) atoms. The Bertz CT molecular complexity index is 841. The third-order valence-electron chi connectivity index (χ3n) is 4.77. The average Bonchev–Trinajstić information content (AvgIpc) is 3.19. The van der Waals surface area contributed by atoms with Crippen LogP contribution in [0.3, 0.4) is 0 Å². The fourth-order valence-corrected chi connectivity index (χ4v) is 2.92. The largest absolute Gasteiger partial charge is 0.454 e. The molecule has 0 bridgehead atoms. The molecule has 6 amide bonds. The Kier molecular flexibility index (Phi) is 5.12. The molecule has 0 aromatic heterocycles. The molecule has 2 aliphatic heterocycles. The van der Waals surface area contributed by atoms with Crippen LogP contribution >= 0.6 is 0 Å². The molecule has 0 saturated carbocycles. The molecule has 1 aromatic rings. The number of carbonyl (C=O) groups excluding carboxylic acids is 4. The van der Waals surface area contributed by atoms with Gasteiger partial charge in [-0.3, -0.25) is 19.8 Å². The van der Waals surface area contributed by atoms with Crippen LogP contribution < -0.4 is 25.4 Å². The van der Waals surface area contributed by atoms with E-state index in [1.165, 1.54) is 6.92 Å². The Morgan fingerprint density at radius 3 is 2.71 bits per heavy atom. The third-order valence-corrected chi connectivity index (χ3v) is 4.77. The first-order chi connectivity index (χ1) is 13.2. The second-order valence-electron chi connectivity index (χ2n) is 6.85. The lowest BCUT2D eigenvalue weighted by molar-refractivity contribution is -0.134. The molecule has 10 nitrogen and oxygen atoms in total. The van der Waals surface area contributed by atoms with Gasteiger partial charge in [0.2, 0.25) is 12.7 Å². The maximum Gasteiger partial charge on any atom is 0.325 e. The van der Waals surface area contributed by atoms with E-state index in [1.54, 1.807) is 25.1 Å². The van der Waals surface area contributed by atoms with E-state index < -0.39 is 36.0 Å². The van der Waals surface area contributed by atoms with Gasteiger partial charge in [0.1, 0.15) is 12.1 Å². The molecule has 0 radical (unpaired) electrons. The molecule has 3 N–H and O–H groups in total. The topological polar surface area (TPSA) is 126 Å². The fraction of sp³-hybridized carbons (Fsp3) is 0.444. The second-order valence-corrected chi connectivity index (χ2v) is 6.85. The summed E-state index contributed by atoms with van der Waals surface area (Å²) in [5.41, 5.74) is -0.871. The van der Waals surface area contributed by atoms with Crippen LogP contribution in [0.1, 0.15) is 32.8 Å². The van der Waals surface area contributed by atoms with Crippen molar-refractivity contribution in [2.24, 2.45) is 0 Å². The van der Waals surface area contributed by atoms with Crippen LogP contribution in [-0.4, -0.2) is 48.2 Å². The number of hydrogen-bond acceptors (Lipinski definition) is 6. The summed E-state index contributed by atoms with van der Waals surface area (Å²) in [6, 6.07) is 3.40. The normalized spacial score (nSPS) is 21.3. The van der Waals surface area contributed by atoms with Crippen molar-refractivity contribution >= 4 is 23.9 Å². The van der Waals surface area contributed by atoms with Crippen LogP contribution in [0.2, 0.25) is 0 Å². The molecule has 2 aliphatic rings. The fourth-order valence-electron chi connectivity index (χ4n) is 2.92. The Balaban J connectivity index is 1.69. The number of fused-ring (bicyclic) bond motifs is 1. The Morgan fingerprint density at radius 2 is 2.00 bits per heavy atom. The number of amides is 6. The number of benzene rings is 1. The van der Waals surface area contributed by atoms with Crippen LogP contribution in [0, 0.1) is 0 Å². The van der Waals surface area contributed by atoms with Crippen LogP contribution in [-0.2, 0) is 15.1 Å². The van der Waals surface area contributed by atoms with E-state index in [0.29, 0.717) is 23.5 Å². The lowest BCUT2D eigenvalue weighted by Gasteiger charge is -2.22. The van der Waals surface area contributed by atoms with E-state index in [-0.39, 0.29) is 12.8 Å². The number of hydrogen-bond donors (Lipinski definition) is 3. The van der Waals surface area contributed by atoms with Crippen molar-refractivity contribution in [3.05, 3.63) is 23.8 Å². The maximum absolute atomic E-state index is 12.9. The van der Waals surface area contributed by atoms with Gasteiger partial charge >= 0.3 is 12.1 Å². The smallest absolute Gasteiger partial charge is 0.325 e. The van der Waals surface area contributed by atoms with Gasteiger partial charge in [0.05, 0.1) is 0 Å². The van der Waals surface area contributed by atoms with E-state index in [0.717, 1.165) is 4.90 Å². The number of nitrogens with zero attached hydrogens (tertiary/aromatic N) is 1. The van der Waals surface area contributed by atoms with Crippen molar-refractivity contribution in [1.29, 1.82) is 0 Å². The first-order valence-corrected chi connectivity index (χ1v) is 8.89. The number of imide groups is 2. The van der Waals surface area contributed by atoms with Gasteiger partial charge in [-0.05, 0) is 38.0 Å². The molecular formula is C18H22N4O6. The number of carbonyl (C=O) groups is 4. The van der Waals surface area contributed by atoms with Crippen molar-refractivity contribution < 1.29 is 28.7 Å². The summed E-state index contributed by atoms with van der Waals surface area (Å²) in [6.45, 7) is 4.73. The summed E-state index contributed by atoms with van der Waals surface area (Å²) in [5, 5.41) is 7.29. The first kappa shape index (κ1) is 19.5. The van der Waals surface area contributed by atoms with Crippen molar-refractivity contribution in [3.8, 4) is 11.5 Å². The highest BCUT2D eigenvalue weighted by Gasteiger charge is 2.50. The number of nitrogens with one attached hydrogen (secondary N) is 3. The summed E-state index contributed by atoms with van der Waals surface area (Å²) < 4.78 is 10.6. The SMILES string of the molecule is CC[C@H](C)NC(=O)NC(=O)CN1C(=O)N[C@](C)(c2ccc3c(c2)OCO3)C1=O. The molecular weight excluding hydrogens is 368 g/mol. The van der Waals surface area contributed by atoms with E-state index >= 15 is 0 Å². The highest BCUT2D eigenvalue weighted by atomic mass is 16.7. The molecule has 0 spiro atoms. The lowest BCUT2D eigenvalue weighted by atomic mass is 9.91. The van der Waals surface area contributed by atoms with E-state index in [9.17, 15) is 19.2 Å². The monoisotopic (exact) mass is 390 g/mol. The van der Waals surface area contributed by atoms with Gasteiger partial charge in [0, 0.05) is 6.04 Å². The predicted octanol–water partition coefficient (Wildman–Crippen LogP) is 0.807. The molecule has 2 heterocycles. The van der Waals surface area contributed by atoms with E-state index in [2.05, 4.69) is 16.0 Å². The van der Waals surface area contributed by atoms with Gasteiger partial charge < -0.3 is 20.1 Å². The number of ether oxygens (including phenoxy) is 2. The summed E-state index contributed by atoms with van der Waals surface area (Å²) >= 11 is 0. The minimum atomic E-state index is -1.36. The average molecular weight is 390 g/mol. The van der Waals surface area contributed by atoms with Crippen LogP contribution in [0.5, 0.6) is 11.5 Å². The number of rotatable bonds is 5. The molecule has 1 saturated heterocycles. The first-order valence-electron chi connectivity index (χ1n) is 8.89. The summed E-state index contributed by atoms with van der Waals surface area (Å²) in [6.07, 6.45) is 0.697. The lowest BCUT2D eigenvalue weighted by Crippen LogP contribution is -2.48. The molecule has 150 valence electrons. The molecule has 10 heteroatoms. The van der Waals surface area contributed by atoms with Gasteiger partial charge in [0.25, 0.3) is 5.91 Å². The Labute approximate surface area is 161 Å². The van der Waals surface area contributed by atoms with Gasteiger partial charge in [-0.15, -0.1) is 0 Å². The van der Waals surface area contributed by atoms with E-state index in [4.69, 9.17) is 9.47 Å². The maximum atomic E-state index is 12.9. The highest BCUT2D eigenvalue weighted by Crippen LogP contribution is 2.37. The highest BCUT2D eigenvalue weighted by molar-refractivity contribution is 6.10. The quantitative estimate of drug-likeness (QED) is 0.639. The molecule has 3 rings (SSSR count). The van der Waals surface area contributed by atoms with Crippen molar-refractivity contribution in [2.75, 3.05) is 13.3 Å². The van der Waals surface area contributed by atoms with Crippen LogP contribution in [0.4, 0.5) is 9.59 Å². The third kappa shape index (κ3) is 3.57. The Hall–Kier alpha value is -3.30. The van der Waals surface area contributed by atoms with Gasteiger partial charge in [-0.1, -0.05) is 13.0 Å². The number of urea groups is 2. The zero-order valence-electron chi connectivity index (χ0n) is 15.8. The zero-order chi connectivity index (χ0) is 20.5. The minimum absolute atomic E-state index is 0.0841. The van der Waals surface area contributed by atoms with Crippen molar-refractivity contribution in [3.63, 3.8) is 0 Å². The molecule has 0 aliphatic carbocycles. The zero-order valence-corrected chi connectivity index (χ0v) is 15.8. The van der Waals surface area contributed by atoms with Crippen LogP contribution in [0.25, 0.3) is 0 Å². The van der Waals surface area contributed by atoms with Crippen molar-refractivity contribution in [1.82, 2.24) is 20.9 Å². The second kappa shape index (κ2) is 7.37. The predicted molar refractivity (Wildman–Crippen MR) is 96.6 cm³/mol. The standard InChI is InChI=1S/C18H22N4O6/c1-4-10(2)19-16(25)20-14(23)8-22-15(24)18(3,21-17(22)26)11-5-6-12-13(7-11)28-9-27-12/h5-7,10H,4,8-9H2,1-3H3,(H,21,26)(H2,19,20,23,25)/t10-,18+/m0/s1. The van der Waals surface area contributed by atoms with Gasteiger partial charge in [0.15, 0.2) is 11.5 Å². The van der Waals surface area contributed by atoms with Gasteiger partial charge in [-0.25, -0.2) is 9.59 Å². The molecule has 1 aromatic carbocycles. The van der Waals surface area contributed by atoms with Gasteiger partial charge in [-0.2, -0.15) is 0 Å². The van der Waals surface area contributed by atoms with Crippen LogP contribution in [0.15, 0.2) is 18.2 Å². The van der Waals surface area contributed by atoms with E-state index in [1.807, 2.05) is 6.92 Å². The molecule has 0 unspecified atom stereocenters. The van der Waals surface area contributed by atoms with Crippen molar-refractivity contribution in [2.45, 2.75) is 38.8 Å². The summed E-state index contributed by atoms with van der Waals surface area (Å²) in [5.74, 6) is -0.348. The molecule has 2 atom stereocenters. The minimum Gasteiger partial charge on any atom is -0.454 e. The Morgan fingerprint density at radius 1 is 1.29 bits per heavy atom.